The van der Waals surface area contributed by atoms with Gasteiger partial charge in [0.2, 0.25) is 0 Å². The number of aliphatic hydroxyl groups excluding tert-OH is 1. The molecular weight excluding hydrogens is 198 g/mol. The summed E-state index contributed by atoms with van der Waals surface area (Å²) < 4.78 is 0. The Labute approximate surface area is 87.2 Å². The number of nitrogens with zero attached hydrogens (tertiary/aromatic N) is 1. The maximum Gasteiger partial charge on any atom is 0.0504 e. The highest BCUT2D eigenvalue weighted by atomic mass is 35.5. The van der Waals surface area contributed by atoms with Gasteiger partial charge in [0, 0.05) is 29.6 Å². The summed E-state index contributed by atoms with van der Waals surface area (Å²) in [7, 11) is 0. The van der Waals surface area contributed by atoms with Gasteiger partial charge >= 0.3 is 0 Å². The first-order valence-corrected chi connectivity index (χ1v) is 4.83. The van der Waals surface area contributed by atoms with E-state index >= 15 is 0 Å². The number of aliphatic hydroxyl groups is 1. The normalized spacial score (nSPS) is 10.7. The summed E-state index contributed by atoms with van der Waals surface area (Å²) >= 11 is 5.88. The van der Waals surface area contributed by atoms with Crippen LogP contribution in [0, 0.1) is 0 Å². The number of halogens is 1. The van der Waals surface area contributed by atoms with Crippen LogP contribution >= 0.6 is 11.6 Å². The Bertz CT molecular complexity index is 456. The molecule has 0 aliphatic rings. The topological polar surface area (TPSA) is 33.1 Å². The van der Waals surface area contributed by atoms with E-state index in [1.165, 1.54) is 0 Å². The first kappa shape index (κ1) is 9.44. The molecule has 72 valence electrons. The number of hydrogen-bond donors (Lipinski definition) is 1. The lowest BCUT2D eigenvalue weighted by Crippen LogP contribution is -1.95. The minimum absolute atomic E-state index is 0.120. The number of aromatic nitrogens is 1. The Balaban J connectivity index is 2.62. The fourth-order valence-corrected chi connectivity index (χ4v) is 1.70. The van der Waals surface area contributed by atoms with Crippen LogP contribution in [0.4, 0.5) is 0 Å². The van der Waals surface area contributed by atoms with Crippen molar-refractivity contribution in [2.75, 3.05) is 6.61 Å². The molecule has 0 amide bonds. The molecule has 0 bridgehead atoms. The molecule has 0 aliphatic heterocycles. The summed E-state index contributed by atoms with van der Waals surface area (Å²) in [6, 6.07) is 7.60. The van der Waals surface area contributed by atoms with Crippen LogP contribution in [0.3, 0.4) is 0 Å². The van der Waals surface area contributed by atoms with Gasteiger partial charge in [-0.3, -0.25) is 4.98 Å². The molecule has 0 unspecified atom stereocenters. The largest absolute Gasteiger partial charge is 0.396 e. The molecule has 14 heavy (non-hydrogen) atoms. The van der Waals surface area contributed by atoms with E-state index in [4.69, 9.17) is 16.7 Å². The van der Waals surface area contributed by atoms with Crippen molar-refractivity contribution in [1.82, 2.24) is 4.98 Å². The Morgan fingerprint density at radius 2 is 2.14 bits per heavy atom. The van der Waals surface area contributed by atoms with Crippen molar-refractivity contribution < 1.29 is 5.11 Å². The van der Waals surface area contributed by atoms with Crippen molar-refractivity contribution in [3.63, 3.8) is 0 Å². The molecule has 0 radical (unpaired) electrons. The molecule has 2 nitrogen and oxygen atoms in total. The molecule has 2 rings (SSSR count). The van der Waals surface area contributed by atoms with E-state index in [0.29, 0.717) is 6.42 Å². The van der Waals surface area contributed by atoms with Crippen molar-refractivity contribution in [3.05, 3.63) is 41.2 Å². The van der Waals surface area contributed by atoms with E-state index in [1.54, 1.807) is 6.20 Å². The molecular formula is C11H10ClNO. The van der Waals surface area contributed by atoms with Crippen molar-refractivity contribution in [1.29, 1.82) is 0 Å². The second-order valence-corrected chi connectivity index (χ2v) is 3.53. The number of hydrogen-bond acceptors (Lipinski definition) is 2. The van der Waals surface area contributed by atoms with Crippen LogP contribution in [-0.2, 0) is 6.42 Å². The maximum atomic E-state index is 8.87. The summed E-state index contributed by atoms with van der Waals surface area (Å²) in [5.41, 5.74) is 0.918. The Hall–Kier alpha value is -1.12. The predicted octanol–water partition coefficient (Wildman–Crippen LogP) is 2.42. The molecule has 1 heterocycles. The lowest BCUT2D eigenvalue weighted by molar-refractivity contribution is 0.298. The van der Waals surface area contributed by atoms with E-state index < -0.39 is 0 Å². The summed E-state index contributed by atoms with van der Waals surface area (Å²) in [5, 5.41) is 11.7. The van der Waals surface area contributed by atoms with Gasteiger partial charge < -0.3 is 5.11 Å². The third kappa shape index (κ3) is 1.72. The zero-order valence-electron chi connectivity index (χ0n) is 7.57. The van der Waals surface area contributed by atoms with Crippen molar-refractivity contribution in [3.8, 4) is 0 Å². The highest BCUT2D eigenvalue weighted by Crippen LogP contribution is 2.21. The summed E-state index contributed by atoms with van der Waals surface area (Å²) in [6.07, 6.45) is 2.32. The lowest BCUT2D eigenvalue weighted by atomic mass is 10.1. The van der Waals surface area contributed by atoms with Gasteiger partial charge in [-0.1, -0.05) is 17.7 Å². The molecule has 0 saturated carbocycles. The molecule has 1 N–H and O–H groups in total. The smallest absolute Gasteiger partial charge is 0.0504 e. The van der Waals surface area contributed by atoms with Crippen molar-refractivity contribution in [2.45, 2.75) is 6.42 Å². The summed E-state index contributed by atoms with van der Waals surface area (Å²) in [6.45, 7) is 0.120. The zero-order valence-corrected chi connectivity index (χ0v) is 8.33. The molecule has 1 aromatic heterocycles. The van der Waals surface area contributed by atoms with E-state index in [9.17, 15) is 0 Å². The monoisotopic (exact) mass is 207 g/mol. The van der Waals surface area contributed by atoms with Gasteiger partial charge in [0.25, 0.3) is 0 Å². The second-order valence-electron chi connectivity index (χ2n) is 3.10. The second kappa shape index (κ2) is 3.95. The number of fused-ring (bicyclic) bond motifs is 1. The quantitative estimate of drug-likeness (QED) is 0.821. The van der Waals surface area contributed by atoms with E-state index in [-0.39, 0.29) is 6.61 Å². The molecule has 0 fully saturated rings. The van der Waals surface area contributed by atoms with Crippen LogP contribution in [0.15, 0.2) is 30.5 Å². The van der Waals surface area contributed by atoms with E-state index in [2.05, 4.69) is 4.98 Å². The standard InChI is InChI=1S/C11H10ClNO/c12-9-1-2-10-8(7-9)3-5-13-11(10)4-6-14/h1-3,5,7,14H,4,6H2. The van der Waals surface area contributed by atoms with Gasteiger partial charge in [0.05, 0.1) is 5.69 Å². The first-order valence-electron chi connectivity index (χ1n) is 4.45. The number of benzene rings is 1. The minimum atomic E-state index is 0.120. The van der Waals surface area contributed by atoms with Crippen LogP contribution < -0.4 is 0 Å². The third-order valence-corrected chi connectivity index (χ3v) is 2.39. The van der Waals surface area contributed by atoms with Crippen LogP contribution in [0.25, 0.3) is 10.8 Å². The zero-order chi connectivity index (χ0) is 9.97. The van der Waals surface area contributed by atoms with Gasteiger partial charge in [-0.05, 0) is 23.6 Å². The Morgan fingerprint density at radius 1 is 1.29 bits per heavy atom. The third-order valence-electron chi connectivity index (χ3n) is 2.16. The molecule has 0 spiro atoms. The van der Waals surface area contributed by atoms with Crippen molar-refractivity contribution in [2.24, 2.45) is 0 Å². The Morgan fingerprint density at radius 3 is 2.93 bits per heavy atom. The van der Waals surface area contributed by atoms with E-state index in [1.807, 2.05) is 24.3 Å². The van der Waals surface area contributed by atoms with Crippen LogP contribution in [0.2, 0.25) is 5.02 Å². The lowest BCUT2D eigenvalue weighted by Gasteiger charge is -2.03. The number of rotatable bonds is 2. The first-order chi connectivity index (χ1) is 6.81. The fourth-order valence-electron chi connectivity index (χ4n) is 1.52. The van der Waals surface area contributed by atoms with Gasteiger partial charge in [-0.2, -0.15) is 0 Å². The van der Waals surface area contributed by atoms with Crippen LogP contribution in [0.5, 0.6) is 0 Å². The molecule has 2 aromatic rings. The minimum Gasteiger partial charge on any atom is -0.396 e. The average molecular weight is 208 g/mol. The Kier molecular flexibility index (Phi) is 2.66. The average Bonchev–Trinajstić information content (AvgIpc) is 2.18. The van der Waals surface area contributed by atoms with Crippen molar-refractivity contribution >= 4 is 22.4 Å². The van der Waals surface area contributed by atoms with Crippen LogP contribution in [0.1, 0.15) is 5.69 Å². The summed E-state index contributed by atoms with van der Waals surface area (Å²) in [4.78, 5) is 4.22. The predicted molar refractivity (Wildman–Crippen MR) is 57.5 cm³/mol. The van der Waals surface area contributed by atoms with E-state index in [0.717, 1.165) is 21.5 Å². The molecule has 0 saturated heterocycles. The molecule has 1 aromatic carbocycles. The van der Waals surface area contributed by atoms with Gasteiger partial charge in [0.15, 0.2) is 0 Å². The molecule has 0 atom stereocenters. The molecule has 0 aliphatic carbocycles. The van der Waals surface area contributed by atoms with Gasteiger partial charge in [-0.25, -0.2) is 0 Å². The highest BCUT2D eigenvalue weighted by molar-refractivity contribution is 6.31. The highest BCUT2D eigenvalue weighted by Gasteiger charge is 2.01. The van der Waals surface area contributed by atoms with Gasteiger partial charge in [0.1, 0.15) is 0 Å². The molecule has 3 heteroatoms. The maximum absolute atomic E-state index is 8.87. The summed E-state index contributed by atoms with van der Waals surface area (Å²) in [5.74, 6) is 0. The van der Waals surface area contributed by atoms with Gasteiger partial charge in [-0.15, -0.1) is 0 Å². The fraction of sp³-hybridized carbons (Fsp3) is 0.182. The number of pyridine rings is 1. The van der Waals surface area contributed by atoms with Crippen LogP contribution in [-0.4, -0.2) is 16.7 Å². The SMILES string of the molecule is OCCc1nccc2cc(Cl)ccc12.